The third kappa shape index (κ3) is 3.94. The quantitative estimate of drug-likeness (QED) is 0.602. The lowest BCUT2D eigenvalue weighted by atomic mass is 9.87. The summed E-state index contributed by atoms with van der Waals surface area (Å²) in [6.07, 6.45) is 0.260. The number of aromatic amines is 1. The molecule has 0 aliphatic carbocycles. The lowest BCUT2D eigenvalue weighted by Gasteiger charge is -2.18. The molecule has 0 amide bonds. The molecule has 1 atom stereocenters. The van der Waals surface area contributed by atoms with Crippen LogP contribution in [0, 0.1) is 17.5 Å². The van der Waals surface area contributed by atoms with Crippen molar-refractivity contribution in [2.45, 2.75) is 12.3 Å². The van der Waals surface area contributed by atoms with E-state index in [2.05, 4.69) is 14.5 Å². The molecule has 2 rings (SSSR count). The molecular formula is C17H14F3NO6. The second-order valence-corrected chi connectivity index (χ2v) is 5.42. The summed E-state index contributed by atoms with van der Waals surface area (Å²) in [7, 11) is 2.07. The summed E-state index contributed by atoms with van der Waals surface area (Å²) < 4.78 is 49.5. The number of benzene rings is 1. The Labute approximate surface area is 150 Å². The number of H-pyrrole nitrogens is 1. The number of hydrogen-bond donors (Lipinski definition) is 2. The first kappa shape index (κ1) is 20.0. The zero-order valence-corrected chi connectivity index (χ0v) is 14.1. The molecule has 1 aromatic carbocycles. The Balaban J connectivity index is 2.74. The summed E-state index contributed by atoms with van der Waals surface area (Å²) >= 11 is 0. The fourth-order valence-corrected chi connectivity index (χ4v) is 2.54. The molecule has 0 aliphatic heterocycles. The fourth-order valence-electron chi connectivity index (χ4n) is 2.54. The second-order valence-electron chi connectivity index (χ2n) is 5.42. The summed E-state index contributed by atoms with van der Waals surface area (Å²) in [5.41, 5.74) is -2.22. The van der Waals surface area contributed by atoms with Crippen LogP contribution >= 0.6 is 0 Å². The lowest BCUT2D eigenvalue weighted by Crippen LogP contribution is -2.22. The highest BCUT2D eigenvalue weighted by molar-refractivity contribution is 5.92. The van der Waals surface area contributed by atoms with Crippen molar-refractivity contribution in [1.82, 2.24) is 4.98 Å². The van der Waals surface area contributed by atoms with Crippen molar-refractivity contribution in [1.29, 1.82) is 0 Å². The van der Waals surface area contributed by atoms with Gasteiger partial charge >= 0.3 is 11.9 Å². The van der Waals surface area contributed by atoms with Gasteiger partial charge in [0.25, 0.3) is 5.56 Å². The van der Waals surface area contributed by atoms with Gasteiger partial charge in [-0.2, -0.15) is 0 Å². The predicted molar refractivity (Wildman–Crippen MR) is 84.9 cm³/mol. The lowest BCUT2D eigenvalue weighted by molar-refractivity contribution is -0.140. The van der Waals surface area contributed by atoms with Gasteiger partial charge in [-0.05, 0) is 17.7 Å². The van der Waals surface area contributed by atoms with E-state index in [4.69, 9.17) is 0 Å². The zero-order valence-electron chi connectivity index (χ0n) is 14.1. The van der Waals surface area contributed by atoms with Crippen molar-refractivity contribution in [3.8, 4) is 5.75 Å². The number of halogens is 3. The van der Waals surface area contributed by atoms with Gasteiger partial charge in [0, 0.05) is 12.1 Å². The Morgan fingerprint density at radius 3 is 2.26 bits per heavy atom. The van der Waals surface area contributed by atoms with Crippen LogP contribution in [0.4, 0.5) is 13.2 Å². The van der Waals surface area contributed by atoms with E-state index in [0.717, 1.165) is 20.4 Å². The number of rotatable bonds is 5. The first-order chi connectivity index (χ1) is 12.7. The SMILES string of the molecule is COC(=O)C[C@H](c1cc(F)c(F)c(F)c1)c1c(O)c(C(=O)OC)c[nH]c1=O. The summed E-state index contributed by atoms with van der Waals surface area (Å²) in [6, 6.07) is 1.16. The van der Waals surface area contributed by atoms with Crippen LogP contribution in [0.3, 0.4) is 0 Å². The topological polar surface area (TPSA) is 106 Å². The molecule has 0 radical (unpaired) electrons. The molecule has 1 aromatic heterocycles. The van der Waals surface area contributed by atoms with Gasteiger partial charge in [0.1, 0.15) is 11.3 Å². The van der Waals surface area contributed by atoms with Gasteiger partial charge in [0.05, 0.1) is 26.2 Å². The molecule has 144 valence electrons. The minimum Gasteiger partial charge on any atom is -0.506 e. The second kappa shape index (κ2) is 7.94. The highest BCUT2D eigenvalue weighted by Gasteiger charge is 2.29. The Bertz CT molecular complexity index is 933. The van der Waals surface area contributed by atoms with Crippen LogP contribution in [0.5, 0.6) is 5.75 Å². The van der Waals surface area contributed by atoms with Crippen LogP contribution < -0.4 is 5.56 Å². The van der Waals surface area contributed by atoms with Gasteiger partial charge < -0.3 is 19.6 Å². The Kier molecular flexibility index (Phi) is 5.88. The molecule has 0 spiro atoms. The molecule has 1 heterocycles. The van der Waals surface area contributed by atoms with Gasteiger partial charge in [0.15, 0.2) is 17.5 Å². The number of carbonyl (C=O) groups is 2. The molecule has 0 saturated carbocycles. The summed E-state index contributed by atoms with van der Waals surface area (Å²) in [5.74, 6) is -9.01. The standard InChI is InChI=1S/C17H14F3NO6/c1-26-12(22)5-8(7-3-10(18)14(20)11(19)4-7)13-15(23)9(17(25)27-2)6-21-16(13)24/h3-4,6,8H,5H2,1-2H3,(H2,21,23,24)/t8-/m1/s1. The Morgan fingerprint density at radius 1 is 1.15 bits per heavy atom. The highest BCUT2D eigenvalue weighted by Crippen LogP contribution is 2.34. The van der Waals surface area contributed by atoms with Crippen LogP contribution in [-0.2, 0) is 14.3 Å². The van der Waals surface area contributed by atoms with Crippen molar-refractivity contribution < 1.29 is 37.3 Å². The van der Waals surface area contributed by atoms with Crippen molar-refractivity contribution in [3.63, 3.8) is 0 Å². The summed E-state index contributed by atoms with van der Waals surface area (Å²) in [5, 5.41) is 10.3. The van der Waals surface area contributed by atoms with Crippen LogP contribution in [0.1, 0.15) is 33.8 Å². The van der Waals surface area contributed by atoms with Crippen LogP contribution in [0.15, 0.2) is 23.1 Å². The van der Waals surface area contributed by atoms with Crippen LogP contribution in [0.2, 0.25) is 0 Å². The average molecular weight is 385 g/mol. The van der Waals surface area contributed by atoms with E-state index in [-0.39, 0.29) is 5.56 Å². The molecule has 27 heavy (non-hydrogen) atoms. The van der Waals surface area contributed by atoms with Crippen molar-refractivity contribution in [3.05, 3.63) is 62.8 Å². The largest absolute Gasteiger partial charge is 0.506 e. The van der Waals surface area contributed by atoms with Crippen molar-refractivity contribution in [2.75, 3.05) is 14.2 Å². The number of methoxy groups -OCH3 is 2. The number of hydrogen-bond acceptors (Lipinski definition) is 6. The molecule has 0 saturated heterocycles. The molecule has 0 fully saturated rings. The van der Waals surface area contributed by atoms with Gasteiger partial charge in [-0.1, -0.05) is 0 Å². The molecule has 2 N–H and O–H groups in total. The third-order valence-corrected chi connectivity index (χ3v) is 3.86. The Hall–Kier alpha value is -3.30. The predicted octanol–water partition coefficient (Wildman–Crippen LogP) is 1.98. The fraction of sp³-hybridized carbons (Fsp3) is 0.235. The van der Waals surface area contributed by atoms with E-state index >= 15 is 0 Å². The monoisotopic (exact) mass is 385 g/mol. The number of pyridine rings is 1. The molecular weight excluding hydrogens is 371 g/mol. The highest BCUT2D eigenvalue weighted by atomic mass is 19.2. The molecule has 2 aromatic rings. The van der Waals surface area contributed by atoms with Crippen molar-refractivity contribution in [2.24, 2.45) is 0 Å². The minimum atomic E-state index is -1.74. The van der Waals surface area contributed by atoms with Crippen LogP contribution in [0.25, 0.3) is 0 Å². The number of carbonyl (C=O) groups excluding carboxylic acids is 2. The van der Waals surface area contributed by atoms with Gasteiger partial charge in [-0.15, -0.1) is 0 Å². The first-order valence-corrected chi connectivity index (χ1v) is 7.45. The molecule has 0 aliphatic rings. The summed E-state index contributed by atoms with van der Waals surface area (Å²) in [4.78, 5) is 37.9. The van der Waals surface area contributed by atoms with E-state index in [1.165, 1.54) is 0 Å². The van der Waals surface area contributed by atoms with E-state index in [9.17, 15) is 32.7 Å². The number of aromatic nitrogens is 1. The molecule has 0 unspecified atom stereocenters. The van der Waals surface area contributed by atoms with E-state index in [0.29, 0.717) is 12.1 Å². The number of nitrogens with one attached hydrogen (secondary N) is 1. The smallest absolute Gasteiger partial charge is 0.343 e. The van der Waals surface area contributed by atoms with Gasteiger partial charge in [0.2, 0.25) is 0 Å². The minimum absolute atomic E-state index is 0.320. The number of ether oxygens (including phenoxy) is 2. The Morgan fingerprint density at radius 2 is 1.74 bits per heavy atom. The average Bonchev–Trinajstić information content (AvgIpc) is 2.64. The van der Waals surface area contributed by atoms with Gasteiger partial charge in [-0.25, -0.2) is 18.0 Å². The first-order valence-electron chi connectivity index (χ1n) is 7.45. The normalized spacial score (nSPS) is 11.7. The third-order valence-electron chi connectivity index (χ3n) is 3.86. The maximum absolute atomic E-state index is 13.6. The summed E-state index contributed by atoms with van der Waals surface area (Å²) in [6.45, 7) is 0. The molecule has 10 heteroatoms. The maximum Gasteiger partial charge on any atom is 0.343 e. The van der Waals surface area contributed by atoms with Crippen LogP contribution in [-0.4, -0.2) is 36.2 Å². The van der Waals surface area contributed by atoms with Gasteiger partial charge in [-0.3, -0.25) is 9.59 Å². The number of aromatic hydroxyl groups is 1. The van der Waals surface area contributed by atoms with E-state index in [1.54, 1.807) is 0 Å². The molecule has 7 nitrogen and oxygen atoms in total. The maximum atomic E-state index is 13.6. The number of esters is 2. The van der Waals surface area contributed by atoms with Crippen molar-refractivity contribution >= 4 is 11.9 Å². The van der Waals surface area contributed by atoms with E-state index < -0.39 is 64.2 Å². The zero-order chi connectivity index (χ0) is 20.3. The molecule has 0 bridgehead atoms. The van der Waals surface area contributed by atoms with E-state index in [1.807, 2.05) is 0 Å².